The van der Waals surface area contributed by atoms with Crippen LogP contribution in [0.25, 0.3) is 22.4 Å². The van der Waals surface area contributed by atoms with Gasteiger partial charge in [0.05, 0.1) is 0 Å². The fourth-order valence-corrected chi connectivity index (χ4v) is 2.24. The number of hydrogen-bond donors (Lipinski definition) is 0. The lowest BCUT2D eigenvalue weighted by molar-refractivity contribution is 0.525. The van der Waals surface area contributed by atoms with E-state index in [1.165, 1.54) is 11.1 Å². The summed E-state index contributed by atoms with van der Waals surface area (Å²) in [4.78, 5) is 4.30. The zero-order valence-electron chi connectivity index (χ0n) is 9.51. The molecule has 3 aromatic rings. The van der Waals surface area contributed by atoms with Crippen molar-refractivity contribution in [2.75, 3.05) is 0 Å². The van der Waals surface area contributed by atoms with Crippen LogP contribution in [0.15, 0.2) is 65.3 Å². The lowest BCUT2D eigenvalue weighted by Gasteiger charge is -2.02. The molecule has 18 heavy (non-hydrogen) atoms. The maximum atomic E-state index is 5.21. The van der Waals surface area contributed by atoms with Crippen LogP contribution < -0.4 is 0 Å². The van der Waals surface area contributed by atoms with Crippen molar-refractivity contribution >= 4 is 22.6 Å². The molecule has 0 saturated carbocycles. The topological polar surface area (TPSA) is 26.0 Å². The minimum atomic E-state index is 0.662. The van der Waals surface area contributed by atoms with Gasteiger partial charge in [0.25, 0.3) is 3.90 Å². The molecule has 3 rings (SSSR count). The Balaban J connectivity index is 1.94. The van der Waals surface area contributed by atoms with Gasteiger partial charge < -0.3 is 4.42 Å². The molecule has 1 aromatic heterocycles. The summed E-state index contributed by atoms with van der Waals surface area (Å²) in [6.45, 7) is 0. The van der Waals surface area contributed by atoms with Crippen molar-refractivity contribution in [2.24, 2.45) is 0 Å². The Kier molecular flexibility index (Phi) is 3.15. The van der Waals surface area contributed by atoms with Gasteiger partial charge in [0.2, 0.25) is 0 Å². The molecule has 0 aliphatic rings. The summed E-state index contributed by atoms with van der Waals surface area (Å²) < 4.78 is 5.87. The average Bonchev–Trinajstić information content (AvgIpc) is 2.87. The Hall–Kier alpha value is -1.62. The average molecular weight is 347 g/mol. The summed E-state index contributed by atoms with van der Waals surface area (Å²) in [6.07, 6.45) is 1.68. The van der Waals surface area contributed by atoms with Gasteiger partial charge >= 0.3 is 0 Å². The van der Waals surface area contributed by atoms with Gasteiger partial charge in [0, 0.05) is 28.2 Å². The van der Waals surface area contributed by atoms with E-state index in [-0.39, 0.29) is 0 Å². The minimum absolute atomic E-state index is 0.662. The summed E-state index contributed by atoms with van der Waals surface area (Å²) in [5.41, 5.74) is 4.37. The lowest BCUT2D eigenvalue weighted by Crippen LogP contribution is -1.80. The van der Waals surface area contributed by atoms with E-state index in [1.807, 2.05) is 18.2 Å². The highest BCUT2D eigenvalue weighted by molar-refractivity contribution is 14.1. The first kappa shape index (κ1) is 11.5. The first-order valence-corrected chi connectivity index (χ1v) is 6.68. The van der Waals surface area contributed by atoms with E-state index in [0.29, 0.717) is 3.90 Å². The zero-order chi connectivity index (χ0) is 12.4. The van der Waals surface area contributed by atoms with Crippen molar-refractivity contribution in [3.8, 4) is 22.4 Å². The van der Waals surface area contributed by atoms with Crippen LogP contribution in [0.1, 0.15) is 0 Å². The van der Waals surface area contributed by atoms with Crippen LogP contribution in [0.5, 0.6) is 0 Å². The normalized spacial score (nSPS) is 10.5. The molecule has 0 radical (unpaired) electrons. The third-order valence-corrected chi connectivity index (χ3v) is 3.26. The molecule has 0 spiro atoms. The molecule has 0 N–H and O–H groups in total. The first-order valence-electron chi connectivity index (χ1n) is 5.60. The van der Waals surface area contributed by atoms with Crippen LogP contribution in [0.2, 0.25) is 0 Å². The van der Waals surface area contributed by atoms with E-state index in [4.69, 9.17) is 4.42 Å². The number of halogens is 1. The van der Waals surface area contributed by atoms with Crippen molar-refractivity contribution < 1.29 is 4.42 Å². The Morgan fingerprint density at radius 1 is 0.778 bits per heavy atom. The van der Waals surface area contributed by atoms with Crippen molar-refractivity contribution in [2.45, 2.75) is 0 Å². The molecule has 0 aliphatic carbocycles. The molecule has 0 bridgehead atoms. The fourth-order valence-electron chi connectivity index (χ4n) is 1.85. The molecule has 2 aromatic carbocycles. The molecule has 0 atom stereocenters. The number of rotatable bonds is 2. The van der Waals surface area contributed by atoms with E-state index in [1.54, 1.807) is 6.26 Å². The summed E-state index contributed by atoms with van der Waals surface area (Å²) in [7, 11) is 0. The number of benzene rings is 2. The van der Waals surface area contributed by atoms with Gasteiger partial charge in [-0.25, -0.2) is 4.98 Å². The van der Waals surface area contributed by atoms with E-state index in [0.717, 1.165) is 11.3 Å². The molecular formula is C15H10INO. The van der Waals surface area contributed by atoms with Gasteiger partial charge in [-0.05, 0) is 11.1 Å². The van der Waals surface area contributed by atoms with E-state index in [9.17, 15) is 0 Å². The SMILES string of the molecule is Ic1nc(-c2ccc(-c3ccccc3)cc2)co1. The summed E-state index contributed by atoms with van der Waals surface area (Å²) in [6, 6.07) is 18.7. The molecule has 2 nitrogen and oxygen atoms in total. The van der Waals surface area contributed by atoms with Crippen molar-refractivity contribution in [1.82, 2.24) is 4.98 Å². The lowest BCUT2D eigenvalue weighted by atomic mass is 10.0. The van der Waals surface area contributed by atoms with Gasteiger partial charge in [-0.1, -0.05) is 54.6 Å². The van der Waals surface area contributed by atoms with E-state index < -0.39 is 0 Å². The van der Waals surface area contributed by atoms with Crippen molar-refractivity contribution in [3.05, 3.63) is 64.8 Å². The Labute approximate surface area is 119 Å². The third-order valence-electron chi connectivity index (χ3n) is 2.76. The highest BCUT2D eigenvalue weighted by Gasteiger charge is 2.04. The van der Waals surface area contributed by atoms with Crippen LogP contribution in [-0.2, 0) is 0 Å². The summed E-state index contributed by atoms with van der Waals surface area (Å²) in [5.74, 6) is 0. The Morgan fingerprint density at radius 2 is 1.39 bits per heavy atom. The Morgan fingerprint density at radius 3 is 2.00 bits per heavy atom. The minimum Gasteiger partial charge on any atom is -0.440 e. The summed E-state index contributed by atoms with van der Waals surface area (Å²) in [5, 5.41) is 0. The van der Waals surface area contributed by atoms with E-state index >= 15 is 0 Å². The largest absolute Gasteiger partial charge is 0.440 e. The fraction of sp³-hybridized carbons (Fsp3) is 0. The summed E-state index contributed by atoms with van der Waals surface area (Å²) >= 11 is 2.07. The molecule has 0 unspecified atom stereocenters. The monoisotopic (exact) mass is 347 g/mol. The van der Waals surface area contributed by atoms with Crippen LogP contribution in [0, 0.1) is 3.90 Å². The van der Waals surface area contributed by atoms with Crippen LogP contribution in [0.4, 0.5) is 0 Å². The van der Waals surface area contributed by atoms with Crippen LogP contribution in [-0.4, -0.2) is 4.98 Å². The van der Waals surface area contributed by atoms with Gasteiger partial charge in [-0.15, -0.1) is 0 Å². The molecule has 1 heterocycles. The van der Waals surface area contributed by atoms with E-state index in [2.05, 4.69) is 64.0 Å². The molecule has 88 valence electrons. The maximum Gasteiger partial charge on any atom is 0.257 e. The predicted octanol–water partition coefficient (Wildman–Crippen LogP) is 4.61. The number of oxazole rings is 1. The molecule has 0 aliphatic heterocycles. The van der Waals surface area contributed by atoms with Crippen molar-refractivity contribution in [3.63, 3.8) is 0 Å². The standard InChI is InChI=1S/C15H10INO/c16-15-17-14(10-18-15)13-8-6-12(7-9-13)11-4-2-1-3-5-11/h1-10H. The maximum absolute atomic E-state index is 5.21. The first-order chi connectivity index (χ1) is 8.83. The Bertz CT molecular complexity index is 644. The quantitative estimate of drug-likeness (QED) is 0.633. The van der Waals surface area contributed by atoms with Crippen molar-refractivity contribution in [1.29, 1.82) is 0 Å². The second-order valence-corrected chi connectivity index (χ2v) is 4.85. The zero-order valence-corrected chi connectivity index (χ0v) is 11.7. The van der Waals surface area contributed by atoms with Gasteiger partial charge in [-0.3, -0.25) is 0 Å². The molecule has 0 saturated heterocycles. The highest BCUT2D eigenvalue weighted by Crippen LogP contribution is 2.24. The van der Waals surface area contributed by atoms with Crippen LogP contribution in [0.3, 0.4) is 0 Å². The molecule has 0 fully saturated rings. The molecular weight excluding hydrogens is 337 g/mol. The number of hydrogen-bond acceptors (Lipinski definition) is 2. The van der Waals surface area contributed by atoms with Crippen LogP contribution >= 0.6 is 22.6 Å². The molecule has 0 amide bonds. The van der Waals surface area contributed by atoms with Gasteiger partial charge in [0.15, 0.2) is 0 Å². The second kappa shape index (κ2) is 4.94. The number of nitrogens with zero attached hydrogens (tertiary/aromatic N) is 1. The smallest absolute Gasteiger partial charge is 0.257 e. The predicted molar refractivity (Wildman–Crippen MR) is 80.1 cm³/mol. The number of aromatic nitrogens is 1. The van der Waals surface area contributed by atoms with Gasteiger partial charge in [0.1, 0.15) is 12.0 Å². The second-order valence-electron chi connectivity index (χ2n) is 3.93. The third kappa shape index (κ3) is 2.31. The molecule has 3 heteroatoms. The highest BCUT2D eigenvalue weighted by atomic mass is 127. The van der Waals surface area contributed by atoms with Gasteiger partial charge in [-0.2, -0.15) is 0 Å².